The summed E-state index contributed by atoms with van der Waals surface area (Å²) in [6, 6.07) is 5.74. The molecule has 1 aliphatic rings. The minimum atomic E-state index is 0.00642. The van der Waals surface area contributed by atoms with Crippen LogP contribution in [0.1, 0.15) is 30.0 Å². The molecule has 0 radical (unpaired) electrons. The molecule has 4 heteroatoms. The zero-order chi connectivity index (χ0) is 13.0. The molecule has 0 amide bonds. The van der Waals surface area contributed by atoms with E-state index in [-0.39, 0.29) is 11.7 Å². The van der Waals surface area contributed by atoms with Gasteiger partial charge in [-0.2, -0.15) is 0 Å². The molecule has 0 spiro atoms. The van der Waals surface area contributed by atoms with Crippen LogP contribution in [0, 0.1) is 5.92 Å². The lowest BCUT2D eigenvalue weighted by molar-refractivity contribution is 0.0933. The predicted octanol–water partition coefficient (Wildman–Crippen LogP) is 1.33. The zero-order valence-electron chi connectivity index (χ0n) is 11.1. The van der Waals surface area contributed by atoms with Gasteiger partial charge in [-0.25, -0.2) is 4.98 Å². The molecule has 2 heterocycles. The first kappa shape index (κ1) is 13.2. The van der Waals surface area contributed by atoms with Gasteiger partial charge in [0.15, 0.2) is 5.78 Å². The number of carbonyl (C=O) groups excluding carboxylic acids is 1. The smallest absolute Gasteiger partial charge is 0.183 e. The van der Waals surface area contributed by atoms with Crippen LogP contribution in [0.15, 0.2) is 18.2 Å². The number of carbonyl (C=O) groups is 1. The quantitative estimate of drug-likeness (QED) is 0.815. The summed E-state index contributed by atoms with van der Waals surface area (Å²) in [6.07, 6.45) is 0. The summed E-state index contributed by atoms with van der Waals surface area (Å²) in [5.41, 5.74) is 1.58. The minimum absolute atomic E-state index is 0.00642. The van der Waals surface area contributed by atoms with Gasteiger partial charge in [-0.15, -0.1) is 0 Å². The van der Waals surface area contributed by atoms with Crippen molar-refractivity contribution in [3.63, 3.8) is 0 Å². The van der Waals surface area contributed by atoms with Crippen molar-refractivity contribution < 1.29 is 4.79 Å². The van der Waals surface area contributed by atoms with Crippen LogP contribution in [0.2, 0.25) is 0 Å². The molecule has 0 atom stereocenters. The Morgan fingerprint density at radius 1 is 1.39 bits per heavy atom. The average molecular weight is 247 g/mol. The van der Waals surface area contributed by atoms with E-state index < -0.39 is 0 Å². The van der Waals surface area contributed by atoms with Gasteiger partial charge in [0.1, 0.15) is 5.69 Å². The molecule has 0 aromatic carbocycles. The monoisotopic (exact) mass is 247 g/mol. The fourth-order valence-corrected chi connectivity index (χ4v) is 2.10. The minimum Gasteiger partial charge on any atom is -0.314 e. The molecule has 1 aromatic rings. The van der Waals surface area contributed by atoms with Crippen molar-refractivity contribution in [3.05, 3.63) is 29.6 Å². The third-order valence-electron chi connectivity index (χ3n) is 3.18. The number of piperazine rings is 1. The molecule has 4 nitrogen and oxygen atoms in total. The number of nitrogens with one attached hydrogen (secondary N) is 1. The molecular formula is C14H21N3O. The third kappa shape index (κ3) is 3.37. The van der Waals surface area contributed by atoms with E-state index in [1.54, 1.807) is 0 Å². The second-order valence-corrected chi connectivity index (χ2v) is 5.06. The Morgan fingerprint density at radius 3 is 2.78 bits per heavy atom. The summed E-state index contributed by atoms with van der Waals surface area (Å²) >= 11 is 0. The first-order valence-corrected chi connectivity index (χ1v) is 6.60. The van der Waals surface area contributed by atoms with Crippen molar-refractivity contribution in [1.29, 1.82) is 0 Å². The highest BCUT2D eigenvalue weighted by Crippen LogP contribution is 2.09. The number of nitrogens with zero attached hydrogens (tertiary/aromatic N) is 2. The lowest BCUT2D eigenvalue weighted by atomic mass is 10.1. The molecule has 1 saturated heterocycles. The average Bonchev–Trinajstić information content (AvgIpc) is 2.39. The second kappa shape index (κ2) is 6.07. The Kier molecular flexibility index (Phi) is 4.44. The standard InChI is InChI=1S/C14H21N3O/c1-11(2)14(18)13-5-3-4-12(16-13)10-17-8-6-15-7-9-17/h3-5,11,15H,6-10H2,1-2H3. The summed E-state index contributed by atoms with van der Waals surface area (Å²) in [4.78, 5) is 18.7. The number of hydrogen-bond donors (Lipinski definition) is 1. The fourth-order valence-electron chi connectivity index (χ4n) is 2.10. The van der Waals surface area contributed by atoms with E-state index >= 15 is 0 Å². The largest absolute Gasteiger partial charge is 0.314 e. The molecule has 2 rings (SSSR count). The third-order valence-corrected chi connectivity index (χ3v) is 3.18. The van der Waals surface area contributed by atoms with Crippen LogP contribution in [-0.2, 0) is 6.54 Å². The van der Waals surface area contributed by atoms with Gasteiger partial charge in [0.2, 0.25) is 0 Å². The molecule has 98 valence electrons. The SMILES string of the molecule is CC(C)C(=O)c1cccc(CN2CCNCC2)n1. The van der Waals surface area contributed by atoms with E-state index in [0.717, 1.165) is 38.4 Å². The van der Waals surface area contributed by atoms with Gasteiger partial charge >= 0.3 is 0 Å². The number of ketones is 1. The van der Waals surface area contributed by atoms with Crippen LogP contribution in [0.3, 0.4) is 0 Å². The van der Waals surface area contributed by atoms with E-state index in [2.05, 4.69) is 15.2 Å². The van der Waals surface area contributed by atoms with Crippen molar-refractivity contribution in [2.45, 2.75) is 20.4 Å². The van der Waals surface area contributed by atoms with E-state index in [1.807, 2.05) is 32.0 Å². The summed E-state index contributed by atoms with van der Waals surface area (Å²) in [7, 11) is 0. The maximum atomic E-state index is 11.9. The normalized spacial score (nSPS) is 17.1. The maximum Gasteiger partial charge on any atom is 0.183 e. The maximum absolute atomic E-state index is 11.9. The highest BCUT2D eigenvalue weighted by molar-refractivity contribution is 5.95. The van der Waals surface area contributed by atoms with Crippen molar-refractivity contribution in [2.24, 2.45) is 5.92 Å². The van der Waals surface area contributed by atoms with E-state index in [0.29, 0.717) is 5.69 Å². The number of Topliss-reactive ketones (excluding diaryl/α,β-unsaturated/α-hetero) is 1. The second-order valence-electron chi connectivity index (χ2n) is 5.06. The highest BCUT2D eigenvalue weighted by Gasteiger charge is 2.14. The predicted molar refractivity (Wildman–Crippen MR) is 71.6 cm³/mol. The van der Waals surface area contributed by atoms with Crippen LogP contribution < -0.4 is 5.32 Å². The van der Waals surface area contributed by atoms with Crippen LogP contribution >= 0.6 is 0 Å². The number of pyridine rings is 1. The van der Waals surface area contributed by atoms with E-state index in [9.17, 15) is 4.79 Å². The van der Waals surface area contributed by atoms with Gasteiger partial charge < -0.3 is 5.32 Å². The van der Waals surface area contributed by atoms with Crippen LogP contribution in [0.5, 0.6) is 0 Å². The Morgan fingerprint density at radius 2 is 2.11 bits per heavy atom. The lowest BCUT2D eigenvalue weighted by Gasteiger charge is -2.26. The fraction of sp³-hybridized carbons (Fsp3) is 0.571. The first-order valence-electron chi connectivity index (χ1n) is 6.60. The molecule has 1 aromatic heterocycles. The van der Waals surface area contributed by atoms with Gasteiger partial charge in [0.25, 0.3) is 0 Å². The molecule has 0 aliphatic carbocycles. The van der Waals surface area contributed by atoms with Gasteiger partial charge in [0, 0.05) is 38.6 Å². The number of rotatable bonds is 4. The topological polar surface area (TPSA) is 45.2 Å². The summed E-state index contributed by atoms with van der Waals surface area (Å²) in [5.74, 6) is 0.129. The highest BCUT2D eigenvalue weighted by atomic mass is 16.1. The van der Waals surface area contributed by atoms with E-state index in [1.165, 1.54) is 0 Å². The van der Waals surface area contributed by atoms with Gasteiger partial charge in [-0.1, -0.05) is 19.9 Å². The van der Waals surface area contributed by atoms with Gasteiger partial charge in [0.05, 0.1) is 5.69 Å². The van der Waals surface area contributed by atoms with Gasteiger partial charge in [-0.05, 0) is 12.1 Å². The summed E-state index contributed by atoms with van der Waals surface area (Å²) in [5, 5.41) is 3.33. The Labute approximate surface area is 108 Å². The Bertz CT molecular complexity index is 411. The van der Waals surface area contributed by atoms with Crippen LogP contribution in [-0.4, -0.2) is 41.8 Å². The van der Waals surface area contributed by atoms with Crippen molar-refractivity contribution >= 4 is 5.78 Å². The van der Waals surface area contributed by atoms with Gasteiger partial charge in [-0.3, -0.25) is 9.69 Å². The number of aromatic nitrogens is 1. The Balaban J connectivity index is 2.04. The van der Waals surface area contributed by atoms with Crippen molar-refractivity contribution in [2.75, 3.05) is 26.2 Å². The zero-order valence-corrected chi connectivity index (χ0v) is 11.1. The molecule has 0 unspecified atom stereocenters. The lowest BCUT2D eigenvalue weighted by Crippen LogP contribution is -2.43. The van der Waals surface area contributed by atoms with Crippen molar-refractivity contribution in [3.8, 4) is 0 Å². The molecule has 1 aliphatic heterocycles. The molecule has 18 heavy (non-hydrogen) atoms. The molecule has 0 bridgehead atoms. The molecule has 1 fully saturated rings. The summed E-state index contributed by atoms with van der Waals surface area (Å²) in [6.45, 7) is 8.81. The Hall–Kier alpha value is -1.26. The van der Waals surface area contributed by atoms with Crippen molar-refractivity contribution in [1.82, 2.24) is 15.2 Å². The molecular weight excluding hydrogens is 226 g/mol. The summed E-state index contributed by atoms with van der Waals surface area (Å²) < 4.78 is 0. The van der Waals surface area contributed by atoms with E-state index in [4.69, 9.17) is 0 Å². The van der Waals surface area contributed by atoms with Crippen LogP contribution in [0.25, 0.3) is 0 Å². The molecule has 1 N–H and O–H groups in total. The van der Waals surface area contributed by atoms with Crippen LogP contribution in [0.4, 0.5) is 0 Å². The first-order chi connectivity index (χ1) is 8.66. The number of hydrogen-bond acceptors (Lipinski definition) is 4. The molecule has 0 saturated carbocycles.